The average Bonchev–Trinajstić information content (AvgIpc) is 2.57. The van der Waals surface area contributed by atoms with Gasteiger partial charge in [-0.1, -0.05) is 35.3 Å². The van der Waals surface area contributed by atoms with Crippen LogP contribution in [-0.4, -0.2) is 30.8 Å². The van der Waals surface area contributed by atoms with Crippen LogP contribution in [0.5, 0.6) is 0 Å². The third-order valence-electron chi connectivity index (χ3n) is 3.45. The molecule has 7 heteroatoms. The molecule has 0 spiro atoms. The Hall–Kier alpha value is -2.11. The number of nitrogens with zero attached hydrogens (tertiary/aromatic N) is 1. The van der Waals surface area contributed by atoms with Gasteiger partial charge >= 0.3 is 0 Å². The summed E-state index contributed by atoms with van der Waals surface area (Å²) in [5.41, 5.74) is 1.39. The van der Waals surface area contributed by atoms with Crippen LogP contribution in [0, 0.1) is 5.82 Å². The summed E-state index contributed by atoms with van der Waals surface area (Å²) in [6.45, 7) is 0.285. The first-order chi connectivity index (χ1) is 11.3. The molecule has 0 atom stereocenters. The van der Waals surface area contributed by atoms with Crippen LogP contribution in [0.1, 0.15) is 26.3 Å². The van der Waals surface area contributed by atoms with Crippen LogP contribution in [0.25, 0.3) is 0 Å². The predicted molar refractivity (Wildman–Crippen MR) is 92.0 cm³/mol. The van der Waals surface area contributed by atoms with E-state index < -0.39 is 11.7 Å². The molecule has 126 valence electrons. The minimum Gasteiger partial charge on any atom is -0.355 e. The van der Waals surface area contributed by atoms with Gasteiger partial charge in [-0.3, -0.25) is 9.59 Å². The summed E-state index contributed by atoms with van der Waals surface area (Å²) >= 11 is 11.6. The van der Waals surface area contributed by atoms with E-state index in [1.165, 1.54) is 11.0 Å². The van der Waals surface area contributed by atoms with E-state index in [1.807, 2.05) is 0 Å². The van der Waals surface area contributed by atoms with Gasteiger partial charge in [0.1, 0.15) is 5.82 Å². The second-order valence-electron chi connectivity index (χ2n) is 5.18. The van der Waals surface area contributed by atoms with E-state index in [9.17, 15) is 14.0 Å². The molecule has 0 radical (unpaired) electrons. The number of carbonyl (C=O) groups excluding carboxylic acids is 2. The molecular weight excluding hydrogens is 354 g/mol. The lowest BCUT2D eigenvalue weighted by molar-refractivity contribution is 0.0784. The molecule has 2 rings (SSSR count). The lowest BCUT2D eigenvalue weighted by Crippen LogP contribution is -2.26. The number of hydrogen-bond acceptors (Lipinski definition) is 2. The van der Waals surface area contributed by atoms with E-state index in [0.717, 1.165) is 11.6 Å². The Morgan fingerprint density at radius 2 is 1.75 bits per heavy atom. The number of benzene rings is 2. The molecule has 24 heavy (non-hydrogen) atoms. The summed E-state index contributed by atoms with van der Waals surface area (Å²) in [6, 6.07) is 9.06. The molecule has 2 aromatic rings. The highest BCUT2D eigenvalue weighted by Gasteiger charge is 2.18. The predicted octanol–water partition coefficient (Wildman–Crippen LogP) is 3.76. The summed E-state index contributed by atoms with van der Waals surface area (Å²) in [5, 5.41) is 2.49. The maximum atomic E-state index is 13.6. The number of nitrogens with one attached hydrogen (secondary N) is 1. The molecule has 0 saturated heterocycles. The van der Waals surface area contributed by atoms with Crippen LogP contribution in [0.2, 0.25) is 10.0 Å². The highest BCUT2D eigenvalue weighted by atomic mass is 35.5. The molecular formula is C17H15Cl2FN2O2. The molecule has 0 saturated carbocycles. The highest BCUT2D eigenvalue weighted by Crippen LogP contribution is 2.25. The topological polar surface area (TPSA) is 49.4 Å². The highest BCUT2D eigenvalue weighted by molar-refractivity contribution is 6.36. The molecule has 1 N–H and O–H groups in total. The summed E-state index contributed by atoms with van der Waals surface area (Å²) in [4.78, 5) is 25.3. The molecule has 2 amide bonds. The fraction of sp³-hybridized carbons (Fsp3) is 0.176. The lowest BCUT2D eigenvalue weighted by atomic mass is 10.1. The van der Waals surface area contributed by atoms with Crippen molar-refractivity contribution in [2.75, 3.05) is 14.1 Å². The van der Waals surface area contributed by atoms with E-state index in [2.05, 4.69) is 5.32 Å². The molecule has 0 unspecified atom stereocenters. The first kappa shape index (κ1) is 18.2. The molecule has 0 aliphatic heterocycles. The van der Waals surface area contributed by atoms with Gasteiger partial charge in [0.25, 0.3) is 11.8 Å². The Morgan fingerprint density at radius 3 is 2.33 bits per heavy atom. The minimum absolute atomic E-state index is 0.0445. The van der Waals surface area contributed by atoms with Crippen molar-refractivity contribution in [1.29, 1.82) is 0 Å². The Labute approximate surface area is 149 Å². The second kappa shape index (κ2) is 7.64. The lowest BCUT2D eigenvalue weighted by Gasteiger charge is -2.18. The van der Waals surface area contributed by atoms with Gasteiger partial charge < -0.3 is 10.2 Å². The molecule has 0 heterocycles. The van der Waals surface area contributed by atoms with Crippen LogP contribution < -0.4 is 5.32 Å². The minimum atomic E-state index is -0.701. The molecule has 2 aromatic carbocycles. The molecule has 0 fully saturated rings. The number of amides is 2. The van der Waals surface area contributed by atoms with Gasteiger partial charge in [-0.05, 0) is 29.8 Å². The van der Waals surface area contributed by atoms with E-state index >= 15 is 0 Å². The third kappa shape index (κ3) is 4.04. The molecule has 4 nitrogen and oxygen atoms in total. The molecule has 0 aliphatic rings. The van der Waals surface area contributed by atoms with Crippen molar-refractivity contribution in [3.05, 3.63) is 69.0 Å². The molecule has 0 aromatic heterocycles. The summed E-state index contributed by atoms with van der Waals surface area (Å²) in [5.74, 6) is -1.31. The maximum absolute atomic E-state index is 13.6. The summed E-state index contributed by atoms with van der Waals surface area (Å²) < 4.78 is 13.6. The van der Waals surface area contributed by atoms with E-state index in [1.54, 1.807) is 38.4 Å². The monoisotopic (exact) mass is 368 g/mol. The first-order valence-corrected chi connectivity index (χ1v) is 7.80. The van der Waals surface area contributed by atoms with Crippen LogP contribution in [-0.2, 0) is 6.54 Å². The number of carbonyl (C=O) groups is 2. The van der Waals surface area contributed by atoms with Gasteiger partial charge in [0.05, 0.1) is 15.6 Å². The summed E-state index contributed by atoms with van der Waals surface area (Å²) in [6.07, 6.45) is 0. The number of halogens is 3. The van der Waals surface area contributed by atoms with Crippen molar-refractivity contribution in [1.82, 2.24) is 10.2 Å². The van der Waals surface area contributed by atoms with Gasteiger partial charge in [-0.15, -0.1) is 0 Å². The largest absolute Gasteiger partial charge is 0.355 e. The van der Waals surface area contributed by atoms with Gasteiger partial charge in [0.15, 0.2) is 0 Å². The van der Waals surface area contributed by atoms with Crippen LogP contribution in [0.15, 0.2) is 36.4 Å². The zero-order valence-electron chi connectivity index (χ0n) is 13.1. The van der Waals surface area contributed by atoms with Gasteiger partial charge in [0.2, 0.25) is 0 Å². The quantitative estimate of drug-likeness (QED) is 0.835. The zero-order valence-corrected chi connectivity index (χ0v) is 14.6. The van der Waals surface area contributed by atoms with E-state index in [0.29, 0.717) is 5.56 Å². The number of rotatable bonds is 4. The first-order valence-electron chi connectivity index (χ1n) is 7.04. The standard InChI is InChI=1S/C17H15Cl2FN2O2/c1-21-16(23)11-5-3-10(4-6-11)9-22(2)17(24)12-7-15(20)14(19)8-13(12)18/h3-8H,9H2,1-2H3,(H,21,23). The molecule has 0 bridgehead atoms. The van der Waals surface area contributed by atoms with Crippen molar-refractivity contribution in [3.63, 3.8) is 0 Å². The second-order valence-corrected chi connectivity index (χ2v) is 6.00. The maximum Gasteiger partial charge on any atom is 0.255 e. The van der Waals surface area contributed by atoms with Crippen molar-refractivity contribution in [3.8, 4) is 0 Å². The van der Waals surface area contributed by atoms with Crippen molar-refractivity contribution >= 4 is 35.0 Å². The van der Waals surface area contributed by atoms with Crippen LogP contribution in [0.4, 0.5) is 4.39 Å². The van der Waals surface area contributed by atoms with E-state index in [4.69, 9.17) is 23.2 Å². The van der Waals surface area contributed by atoms with Crippen molar-refractivity contribution in [2.24, 2.45) is 0 Å². The Bertz CT molecular complexity index is 779. The average molecular weight is 369 g/mol. The van der Waals surface area contributed by atoms with Crippen molar-refractivity contribution < 1.29 is 14.0 Å². The molecule has 0 aliphatic carbocycles. The van der Waals surface area contributed by atoms with Crippen LogP contribution in [0.3, 0.4) is 0 Å². The fourth-order valence-electron chi connectivity index (χ4n) is 2.14. The fourth-order valence-corrected chi connectivity index (χ4v) is 2.61. The normalized spacial score (nSPS) is 10.4. The Morgan fingerprint density at radius 1 is 1.12 bits per heavy atom. The smallest absolute Gasteiger partial charge is 0.255 e. The van der Waals surface area contributed by atoms with Crippen LogP contribution >= 0.6 is 23.2 Å². The SMILES string of the molecule is CNC(=O)c1ccc(CN(C)C(=O)c2cc(F)c(Cl)cc2Cl)cc1. The summed E-state index contributed by atoms with van der Waals surface area (Å²) in [7, 11) is 3.13. The van der Waals surface area contributed by atoms with Crippen molar-refractivity contribution in [2.45, 2.75) is 6.54 Å². The third-order valence-corrected chi connectivity index (χ3v) is 4.05. The van der Waals surface area contributed by atoms with Gasteiger partial charge in [-0.25, -0.2) is 4.39 Å². The Kier molecular flexibility index (Phi) is 5.80. The Balaban J connectivity index is 2.14. The van der Waals surface area contributed by atoms with Gasteiger partial charge in [-0.2, -0.15) is 0 Å². The number of hydrogen-bond donors (Lipinski definition) is 1. The zero-order chi connectivity index (χ0) is 17.9. The van der Waals surface area contributed by atoms with Gasteiger partial charge in [0, 0.05) is 26.2 Å². The van der Waals surface area contributed by atoms with E-state index in [-0.39, 0.29) is 28.1 Å².